The first-order valence-corrected chi connectivity index (χ1v) is 6.49. The van der Waals surface area contributed by atoms with E-state index in [4.69, 9.17) is 22.7 Å². The van der Waals surface area contributed by atoms with Crippen molar-refractivity contribution >= 4 is 23.0 Å². The van der Waals surface area contributed by atoms with E-state index in [-0.39, 0.29) is 5.11 Å². The highest BCUT2D eigenvalue weighted by Crippen LogP contribution is 2.25. The number of nitrogens with two attached hydrogens (primary N) is 1. The van der Waals surface area contributed by atoms with E-state index in [9.17, 15) is 0 Å². The molecule has 0 aliphatic heterocycles. The van der Waals surface area contributed by atoms with Gasteiger partial charge in [-0.3, -0.25) is 5.43 Å². The fourth-order valence-electron chi connectivity index (χ4n) is 1.67. The third-order valence-electron chi connectivity index (χ3n) is 2.58. The number of nitrogens with zero attached hydrogens (tertiary/aromatic N) is 1. The van der Waals surface area contributed by atoms with Gasteiger partial charge < -0.3 is 10.5 Å². The van der Waals surface area contributed by atoms with Crippen molar-refractivity contribution in [2.75, 3.05) is 0 Å². The molecule has 0 atom stereocenters. The number of hydrogen-bond acceptors (Lipinski definition) is 3. The Labute approximate surface area is 123 Å². The van der Waals surface area contributed by atoms with Gasteiger partial charge in [0.2, 0.25) is 0 Å². The second-order valence-corrected chi connectivity index (χ2v) is 4.52. The van der Waals surface area contributed by atoms with Gasteiger partial charge in [0, 0.05) is 5.56 Å². The van der Waals surface area contributed by atoms with Crippen molar-refractivity contribution in [3.63, 3.8) is 0 Å². The van der Waals surface area contributed by atoms with Crippen LogP contribution in [0, 0.1) is 0 Å². The van der Waals surface area contributed by atoms with Gasteiger partial charge in [0.1, 0.15) is 11.5 Å². The maximum absolute atomic E-state index is 5.86. The number of hydrogen-bond donors (Lipinski definition) is 2. The van der Waals surface area contributed by atoms with Crippen LogP contribution >= 0.6 is 12.2 Å². The van der Waals surface area contributed by atoms with Gasteiger partial charge >= 0.3 is 0 Å². The molecule has 0 fully saturated rings. The van der Waals surface area contributed by atoms with Crippen LogP contribution in [0.25, 0.3) is 0 Å². The van der Waals surface area contributed by atoms with E-state index >= 15 is 0 Å². The summed E-state index contributed by atoms with van der Waals surface area (Å²) in [5.41, 5.74) is 9.55. The first kappa shape index (κ1) is 14.0. The van der Waals surface area contributed by atoms with Gasteiger partial charge in [0.15, 0.2) is 5.11 Å². The van der Waals surface area contributed by atoms with Gasteiger partial charge in [-0.25, -0.2) is 0 Å². The topological polar surface area (TPSA) is 59.6 Å². The van der Waals surface area contributed by atoms with Crippen LogP contribution in [0.4, 0.5) is 0 Å². The first-order chi connectivity index (χ1) is 9.66. The van der Waals surface area contributed by atoms with Crippen molar-refractivity contribution in [1.82, 2.24) is 5.43 Å². The molecule has 3 N–H and O–H groups in total. The van der Waals surface area contributed by atoms with Crippen LogP contribution in [-0.4, -0.2) is 10.8 Å². The zero-order valence-electron chi connectivity index (χ0n) is 11.0. The number of hydrazone groups is 1. The third-order valence-corrected chi connectivity index (χ3v) is 2.67. The molecule has 102 valence electrons. The minimum Gasteiger partial charge on any atom is -0.457 e. The predicted octanol–water partition coefficient (Wildman–Crippen LogP) is 3.04. The van der Waals surface area contributed by atoms with Crippen molar-refractivity contribution in [3.05, 3.63) is 60.2 Å². The maximum Gasteiger partial charge on any atom is 0.184 e. The van der Waals surface area contributed by atoms with E-state index in [1.807, 2.05) is 61.5 Å². The molecule has 0 heterocycles. The van der Waals surface area contributed by atoms with Gasteiger partial charge in [-0.1, -0.05) is 30.3 Å². The van der Waals surface area contributed by atoms with Gasteiger partial charge in [-0.2, -0.15) is 5.10 Å². The molecule has 2 aromatic rings. The number of nitrogens with one attached hydrogen (secondary N) is 1. The number of benzene rings is 2. The molecule has 2 rings (SSSR count). The predicted molar refractivity (Wildman–Crippen MR) is 85.1 cm³/mol. The first-order valence-electron chi connectivity index (χ1n) is 6.09. The molecular formula is C15H15N3OS. The zero-order valence-corrected chi connectivity index (χ0v) is 11.9. The van der Waals surface area contributed by atoms with Crippen molar-refractivity contribution in [2.24, 2.45) is 10.8 Å². The average molecular weight is 285 g/mol. The molecule has 0 aliphatic carbocycles. The lowest BCUT2D eigenvalue weighted by Crippen LogP contribution is -2.25. The maximum atomic E-state index is 5.86. The Balaban J connectivity index is 2.26. The number of para-hydroxylation sites is 2. The van der Waals surface area contributed by atoms with Crippen molar-refractivity contribution < 1.29 is 4.74 Å². The molecule has 0 aliphatic rings. The van der Waals surface area contributed by atoms with Crippen molar-refractivity contribution in [1.29, 1.82) is 0 Å². The van der Waals surface area contributed by atoms with Crippen LogP contribution in [0.5, 0.6) is 11.5 Å². The molecule has 0 saturated carbocycles. The molecule has 5 heteroatoms. The van der Waals surface area contributed by atoms with Crippen LogP contribution in [0.2, 0.25) is 0 Å². The van der Waals surface area contributed by atoms with E-state index in [0.29, 0.717) is 0 Å². The molecule has 2 aromatic carbocycles. The van der Waals surface area contributed by atoms with Gasteiger partial charge in [-0.05, 0) is 43.4 Å². The average Bonchev–Trinajstić information content (AvgIpc) is 2.46. The highest BCUT2D eigenvalue weighted by atomic mass is 32.1. The van der Waals surface area contributed by atoms with Crippen LogP contribution < -0.4 is 15.9 Å². The lowest BCUT2D eigenvalue weighted by molar-refractivity contribution is 0.481. The Hall–Kier alpha value is -2.40. The summed E-state index contributed by atoms with van der Waals surface area (Å²) < 4.78 is 5.86. The second-order valence-electron chi connectivity index (χ2n) is 4.08. The molecule has 0 aromatic heterocycles. The van der Waals surface area contributed by atoms with Gasteiger partial charge in [-0.15, -0.1) is 0 Å². The fraction of sp³-hybridized carbons (Fsp3) is 0.0667. The fourth-order valence-corrected chi connectivity index (χ4v) is 1.71. The van der Waals surface area contributed by atoms with E-state index in [1.165, 1.54) is 0 Å². The SMILES string of the molecule is C/C(=N\NC(N)=S)c1ccccc1Oc1ccccc1. The van der Waals surface area contributed by atoms with E-state index in [2.05, 4.69) is 10.5 Å². The van der Waals surface area contributed by atoms with Gasteiger partial charge in [0.05, 0.1) is 5.71 Å². The highest BCUT2D eigenvalue weighted by Gasteiger charge is 2.07. The number of thiocarbonyl (C=S) groups is 1. The van der Waals surface area contributed by atoms with E-state index in [0.717, 1.165) is 22.8 Å². The van der Waals surface area contributed by atoms with E-state index < -0.39 is 0 Å². The summed E-state index contributed by atoms with van der Waals surface area (Å²) in [6.07, 6.45) is 0. The van der Waals surface area contributed by atoms with Crippen LogP contribution in [0.15, 0.2) is 59.7 Å². The van der Waals surface area contributed by atoms with Crippen LogP contribution in [-0.2, 0) is 0 Å². The molecule has 20 heavy (non-hydrogen) atoms. The molecule has 0 bridgehead atoms. The molecule has 0 amide bonds. The normalized spacial score (nSPS) is 10.9. The summed E-state index contributed by atoms with van der Waals surface area (Å²) in [5.74, 6) is 1.50. The standard InChI is InChI=1S/C15H15N3OS/c1-11(17-18-15(16)20)13-9-5-6-10-14(13)19-12-7-3-2-4-8-12/h2-10H,1H3,(H3,16,18,20)/b17-11+. The van der Waals surface area contributed by atoms with Crippen LogP contribution in [0.3, 0.4) is 0 Å². The largest absolute Gasteiger partial charge is 0.457 e. The molecule has 0 saturated heterocycles. The van der Waals surface area contributed by atoms with Crippen molar-refractivity contribution in [2.45, 2.75) is 6.92 Å². The molecule has 0 spiro atoms. The van der Waals surface area contributed by atoms with Crippen molar-refractivity contribution in [3.8, 4) is 11.5 Å². The summed E-state index contributed by atoms with van der Waals surface area (Å²) in [6, 6.07) is 17.2. The smallest absolute Gasteiger partial charge is 0.184 e. The Morgan fingerprint density at radius 1 is 1.10 bits per heavy atom. The summed E-state index contributed by atoms with van der Waals surface area (Å²) in [4.78, 5) is 0. The Bertz CT molecular complexity index is 626. The minimum absolute atomic E-state index is 0.130. The lowest BCUT2D eigenvalue weighted by atomic mass is 10.1. The molecular weight excluding hydrogens is 270 g/mol. The number of ether oxygens (including phenoxy) is 1. The lowest BCUT2D eigenvalue weighted by Gasteiger charge is -2.11. The van der Waals surface area contributed by atoms with Gasteiger partial charge in [0.25, 0.3) is 0 Å². The molecule has 4 nitrogen and oxygen atoms in total. The second kappa shape index (κ2) is 6.68. The summed E-state index contributed by atoms with van der Waals surface area (Å²) in [6.45, 7) is 1.86. The highest BCUT2D eigenvalue weighted by molar-refractivity contribution is 7.80. The Morgan fingerprint density at radius 3 is 2.45 bits per heavy atom. The zero-order chi connectivity index (χ0) is 14.4. The Morgan fingerprint density at radius 2 is 1.75 bits per heavy atom. The minimum atomic E-state index is 0.130. The quantitative estimate of drug-likeness (QED) is 0.515. The summed E-state index contributed by atoms with van der Waals surface area (Å²) in [5, 5.41) is 4.25. The summed E-state index contributed by atoms with van der Waals surface area (Å²) in [7, 11) is 0. The Kier molecular flexibility index (Phi) is 4.68. The molecule has 0 unspecified atom stereocenters. The van der Waals surface area contributed by atoms with E-state index in [1.54, 1.807) is 0 Å². The summed E-state index contributed by atoms with van der Waals surface area (Å²) >= 11 is 4.73. The number of rotatable bonds is 4. The van der Waals surface area contributed by atoms with Crippen LogP contribution in [0.1, 0.15) is 12.5 Å². The third kappa shape index (κ3) is 3.80. The molecule has 0 radical (unpaired) electrons. The monoisotopic (exact) mass is 285 g/mol.